The van der Waals surface area contributed by atoms with E-state index < -0.39 is 0 Å². The number of fused-ring (bicyclic) bond motifs is 2. The van der Waals surface area contributed by atoms with Crippen LogP contribution in [0.1, 0.15) is 5.56 Å². The van der Waals surface area contributed by atoms with Crippen molar-refractivity contribution >= 4 is 33.4 Å². The fraction of sp³-hybridized carbons (Fsp3) is 0.100. The minimum Gasteiger partial charge on any atom is -0.398 e. The summed E-state index contributed by atoms with van der Waals surface area (Å²) in [5.41, 5.74) is 14.1. The van der Waals surface area contributed by atoms with Gasteiger partial charge < -0.3 is 11.1 Å². The first-order chi connectivity index (χ1) is 11.7. The molecule has 4 heteroatoms. The fourth-order valence-electron chi connectivity index (χ4n) is 3.03. The van der Waals surface area contributed by atoms with Gasteiger partial charge in [0.2, 0.25) is 16.7 Å². The summed E-state index contributed by atoms with van der Waals surface area (Å²) in [4.78, 5) is 4.84. The molecule has 0 radical (unpaired) electrons. The standard InChI is InChI=1S/C20H18N4/c1-13-10-18-20(12-16(13)21)24(15-6-4-3-5-7-15)19-11-14(22-2)8-9-17(19)23-18/h3-12H,1-2H3,(H2,21,22)/p+1. The van der Waals surface area contributed by atoms with Gasteiger partial charge in [-0.1, -0.05) is 18.2 Å². The average Bonchev–Trinajstić information content (AvgIpc) is 2.61. The molecule has 24 heavy (non-hydrogen) atoms. The Labute approximate surface area is 140 Å². The zero-order valence-electron chi connectivity index (χ0n) is 13.7. The molecule has 1 aromatic heterocycles. The van der Waals surface area contributed by atoms with Crippen molar-refractivity contribution in [2.45, 2.75) is 6.92 Å². The van der Waals surface area contributed by atoms with Crippen LogP contribution in [0.2, 0.25) is 0 Å². The molecule has 1 heterocycles. The highest BCUT2D eigenvalue weighted by atomic mass is 15.0. The molecule has 0 unspecified atom stereocenters. The topological polar surface area (TPSA) is 54.8 Å². The molecule has 4 aromatic rings. The summed E-state index contributed by atoms with van der Waals surface area (Å²) < 4.78 is 2.22. The summed E-state index contributed by atoms with van der Waals surface area (Å²) in [5.74, 6) is 0. The number of nitrogens with zero attached hydrogens (tertiary/aromatic N) is 2. The highest BCUT2D eigenvalue weighted by molar-refractivity contribution is 5.86. The molecule has 0 saturated heterocycles. The fourth-order valence-corrected chi connectivity index (χ4v) is 3.03. The van der Waals surface area contributed by atoms with Gasteiger partial charge in [0.25, 0.3) is 0 Å². The summed E-state index contributed by atoms with van der Waals surface area (Å²) in [6, 6.07) is 20.6. The van der Waals surface area contributed by atoms with Crippen LogP contribution in [0.25, 0.3) is 27.8 Å². The lowest BCUT2D eigenvalue weighted by Gasteiger charge is -2.08. The summed E-state index contributed by atoms with van der Waals surface area (Å²) in [5, 5.41) is 3.20. The molecule has 0 bridgehead atoms. The number of aromatic nitrogens is 2. The molecule has 0 fully saturated rings. The molecule has 0 spiro atoms. The number of nitrogens with two attached hydrogens (primary N) is 1. The lowest BCUT2D eigenvalue weighted by atomic mass is 10.1. The molecular formula is C20H19N4+. The second-order valence-electron chi connectivity index (χ2n) is 5.93. The zero-order valence-corrected chi connectivity index (χ0v) is 13.7. The van der Waals surface area contributed by atoms with Crippen molar-refractivity contribution in [3.8, 4) is 5.69 Å². The van der Waals surface area contributed by atoms with Crippen molar-refractivity contribution in [3.05, 3.63) is 66.2 Å². The van der Waals surface area contributed by atoms with Gasteiger partial charge in [-0.05, 0) is 30.7 Å². The van der Waals surface area contributed by atoms with E-state index in [-0.39, 0.29) is 0 Å². The normalized spacial score (nSPS) is 11.1. The maximum absolute atomic E-state index is 6.18. The average molecular weight is 315 g/mol. The molecule has 3 N–H and O–H groups in total. The molecule has 0 amide bonds. The summed E-state index contributed by atoms with van der Waals surface area (Å²) >= 11 is 0. The van der Waals surface area contributed by atoms with E-state index in [4.69, 9.17) is 10.7 Å². The molecule has 3 aromatic carbocycles. The van der Waals surface area contributed by atoms with Crippen molar-refractivity contribution in [3.63, 3.8) is 0 Å². The van der Waals surface area contributed by atoms with E-state index in [0.717, 1.165) is 44.7 Å². The third kappa shape index (κ3) is 2.24. The molecule has 0 saturated carbocycles. The maximum Gasteiger partial charge on any atom is 0.239 e. The minimum atomic E-state index is 0.776. The van der Waals surface area contributed by atoms with E-state index in [1.165, 1.54) is 0 Å². The molecule has 4 nitrogen and oxygen atoms in total. The Kier molecular flexibility index (Phi) is 3.31. The molecule has 0 aliphatic heterocycles. The lowest BCUT2D eigenvalue weighted by Crippen LogP contribution is -2.33. The smallest absolute Gasteiger partial charge is 0.239 e. The maximum atomic E-state index is 6.18. The SMILES string of the molecule is CNc1ccc2nc3cc(C)c(N)cc3[n+](-c3ccccc3)c2c1. The zero-order chi connectivity index (χ0) is 16.7. The Bertz CT molecular complexity index is 1060. The Balaban J connectivity index is 2.21. The Hall–Kier alpha value is -3.14. The number of benzene rings is 3. The molecule has 118 valence electrons. The number of hydrogen-bond donors (Lipinski definition) is 2. The third-order valence-electron chi connectivity index (χ3n) is 4.36. The number of aryl methyl sites for hydroxylation is 1. The summed E-state index contributed by atoms with van der Waals surface area (Å²) in [6.07, 6.45) is 0. The molecule has 0 atom stereocenters. The van der Waals surface area contributed by atoms with Gasteiger partial charge in [0.1, 0.15) is 11.0 Å². The number of para-hydroxylation sites is 1. The van der Waals surface area contributed by atoms with Gasteiger partial charge in [-0.3, -0.25) is 0 Å². The molecule has 0 aliphatic carbocycles. The van der Waals surface area contributed by atoms with E-state index in [9.17, 15) is 0 Å². The molecule has 0 aliphatic rings. The highest BCUT2D eigenvalue weighted by Crippen LogP contribution is 2.23. The largest absolute Gasteiger partial charge is 0.398 e. The first kappa shape index (κ1) is 14.5. The first-order valence-electron chi connectivity index (χ1n) is 7.96. The van der Waals surface area contributed by atoms with Crippen LogP contribution in [-0.4, -0.2) is 12.0 Å². The van der Waals surface area contributed by atoms with Crippen molar-refractivity contribution in [2.24, 2.45) is 0 Å². The van der Waals surface area contributed by atoms with E-state index in [1.54, 1.807) is 0 Å². The van der Waals surface area contributed by atoms with Gasteiger partial charge in [-0.15, -0.1) is 4.57 Å². The minimum absolute atomic E-state index is 0.776. The second kappa shape index (κ2) is 5.49. The van der Waals surface area contributed by atoms with E-state index >= 15 is 0 Å². The van der Waals surface area contributed by atoms with Crippen molar-refractivity contribution in [2.75, 3.05) is 18.1 Å². The van der Waals surface area contributed by atoms with Gasteiger partial charge in [-0.25, -0.2) is 4.98 Å². The van der Waals surface area contributed by atoms with Gasteiger partial charge in [0.05, 0.1) is 0 Å². The third-order valence-corrected chi connectivity index (χ3v) is 4.36. The van der Waals surface area contributed by atoms with Crippen LogP contribution in [0.4, 0.5) is 11.4 Å². The Morgan fingerprint density at radius 3 is 2.42 bits per heavy atom. The van der Waals surface area contributed by atoms with Crippen LogP contribution >= 0.6 is 0 Å². The first-order valence-corrected chi connectivity index (χ1v) is 7.96. The Morgan fingerprint density at radius 2 is 1.67 bits per heavy atom. The van der Waals surface area contributed by atoms with E-state index in [1.807, 2.05) is 50.4 Å². The van der Waals surface area contributed by atoms with Crippen LogP contribution in [0.5, 0.6) is 0 Å². The summed E-state index contributed by atoms with van der Waals surface area (Å²) in [6.45, 7) is 2.01. The van der Waals surface area contributed by atoms with Crippen LogP contribution in [0, 0.1) is 6.92 Å². The van der Waals surface area contributed by atoms with Gasteiger partial charge in [-0.2, -0.15) is 0 Å². The number of rotatable bonds is 2. The van der Waals surface area contributed by atoms with E-state index in [0.29, 0.717) is 0 Å². The number of nitrogens with one attached hydrogen (secondary N) is 1. The van der Waals surface area contributed by atoms with Crippen LogP contribution in [0.3, 0.4) is 0 Å². The monoisotopic (exact) mass is 315 g/mol. The molecular weight excluding hydrogens is 296 g/mol. The van der Waals surface area contributed by atoms with Crippen molar-refractivity contribution in [1.29, 1.82) is 0 Å². The Morgan fingerprint density at radius 1 is 0.917 bits per heavy atom. The van der Waals surface area contributed by atoms with Crippen molar-refractivity contribution in [1.82, 2.24) is 4.98 Å². The lowest BCUT2D eigenvalue weighted by molar-refractivity contribution is -0.538. The molecule has 4 rings (SSSR count). The van der Waals surface area contributed by atoms with E-state index in [2.05, 4.69) is 34.1 Å². The highest BCUT2D eigenvalue weighted by Gasteiger charge is 2.20. The quantitative estimate of drug-likeness (QED) is 0.338. The van der Waals surface area contributed by atoms with Gasteiger partial charge in [0, 0.05) is 42.7 Å². The predicted octanol–water partition coefficient (Wildman–Crippen LogP) is 3.60. The van der Waals surface area contributed by atoms with Crippen LogP contribution < -0.4 is 15.6 Å². The number of nitrogen functional groups attached to an aromatic ring is 1. The van der Waals surface area contributed by atoms with Gasteiger partial charge >= 0.3 is 0 Å². The van der Waals surface area contributed by atoms with Gasteiger partial charge in [0.15, 0.2) is 0 Å². The van der Waals surface area contributed by atoms with Crippen molar-refractivity contribution < 1.29 is 4.57 Å². The van der Waals surface area contributed by atoms with Crippen LogP contribution in [-0.2, 0) is 0 Å². The van der Waals surface area contributed by atoms with Crippen LogP contribution in [0.15, 0.2) is 60.7 Å². The summed E-state index contributed by atoms with van der Waals surface area (Å²) in [7, 11) is 1.92. The predicted molar refractivity (Wildman–Crippen MR) is 99.5 cm³/mol. The number of anilines is 2. The second-order valence-corrected chi connectivity index (χ2v) is 5.93. The number of hydrogen-bond acceptors (Lipinski definition) is 3.